The number of halogens is 1. The fourth-order valence-electron chi connectivity index (χ4n) is 1.64. The first kappa shape index (κ1) is 11.4. The minimum Gasteiger partial charge on any atom is -0.497 e. The third-order valence-corrected chi connectivity index (χ3v) is 3.29. The van der Waals surface area contributed by atoms with E-state index in [1.54, 1.807) is 18.1 Å². The molecule has 1 aliphatic rings. The summed E-state index contributed by atoms with van der Waals surface area (Å²) in [6.45, 7) is 1.25. The maximum Gasteiger partial charge on any atom is 0.255 e. The lowest BCUT2D eigenvalue weighted by Gasteiger charge is -2.37. The second-order valence-electron chi connectivity index (χ2n) is 3.82. The molecule has 1 aromatic carbocycles. The molecule has 4 nitrogen and oxygen atoms in total. The minimum absolute atomic E-state index is 0.00697. The van der Waals surface area contributed by atoms with Crippen molar-refractivity contribution in [1.82, 2.24) is 4.90 Å². The summed E-state index contributed by atoms with van der Waals surface area (Å²) in [6, 6.07) is 5.47. The van der Waals surface area contributed by atoms with Gasteiger partial charge in [0.05, 0.1) is 12.7 Å². The Bertz CT molecular complexity index is 416. The largest absolute Gasteiger partial charge is 0.497 e. The molecule has 0 bridgehead atoms. The van der Waals surface area contributed by atoms with Crippen LogP contribution < -0.4 is 10.5 Å². The SMILES string of the molecule is COc1ccc(Br)c(C(=O)N2CC(N)C2)c1. The molecule has 0 radical (unpaired) electrons. The van der Waals surface area contributed by atoms with Crippen LogP contribution in [0.5, 0.6) is 5.75 Å². The molecule has 1 heterocycles. The van der Waals surface area contributed by atoms with Crippen LogP contribution in [0.25, 0.3) is 0 Å². The first-order chi connectivity index (χ1) is 7.61. The highest BCUT2D eigenvalue weighted by Crippen LogP contribution is 2.25. The zero-order chi connectivity index (χ0) is 11.7. The lowest BCUT2D eigenvalue weighted by molar-refractivity contribution is 0.0607. The maximum absolute atomic E-state index is 12.0. The van der Waals surface area contributed by atoms with Crippen molar-refractivity contribution >= 4 is 21.8 Å². The molecule has 1 aliphatic heterocycles. The van der Waals surface area contributed by atoms with Crippen LogP contribution in [0.3, 0.4) is 0 Å². The van der Waals surface area contributed by atoms with Gasteiger partial charge in [-0.3, -0.25) is 4.79 Å². The molecule has 5 heteroatoms. The summed E-state index contributed by atoms with van der Waals surface area (Å²) in [6.07, 6.45) is 0. The molecule has 0 atom stereocenters. The van der Waals surface area contributed by atoms with E-state index in [1.165, 1.54) is 0 Å². The van der Waals surface area contributed by atoms with E-state index >= 15 is 0 Å². The molecule has 1 fully saturated rings. The number of ether oxygens (including phenoxy) is 1. The molecular weight excluding hydrogens is 272 g/mol. The van der Waals surface area contributed by atoms with Crippen molar-refractivity contribution in [2.24, 2.45) is 5.73 Å². The summed E-state index contributed by atoms with van der Waals surface area (Å²) in [4.78, 5) is 13.8. The van der Waals surface area contributed by atoms with Gasteiger partial charge >= 0.3 is 0 Å². The lowest BCUT2D eigenvalue weighted by atomic mass is 10.1. The highest BCUT2D eigenvalue weighted by Gasteiger charge is 2.29. The van der Waals surface area contributed by atoms with E-state index in [0.717, 1.165) is 4.47 Å². The number of nitrogens with two attached hydrogens (primary N) is 1. The Kier molecular flexibility index (Phi) is 3.16. The van der Waals surface area contributed by atoms with Crippen molar-refractivity contribution in [3.05, 3.63) is 28.2 Å². The summed E-state index contributed by atoms with van der Waals surface area (Å²) in [5.74, 6) is 0.670. The standard InChI is InChI=1S/C11H13BrN2O2/c1-16-8-2-3-10(12)9(4-8)11(15)14-5-7(13)6-14/h2-4,7H,5-6,13H2,1H3. The van der Waals surface area contributed by atoms with Crippen LogP contribution in [-0.2, 0) is 0 Å². The average molecular weight is 285 g/mol. The van der Waals surface area contributed by atoms with E-state index in [0.29, 0.717) is 24.4 Å². The highest BCUT2D eigenvalue weighted by atomic mass is 79.9. The molecule has 2 rings (SSSR count). The molecule has 2 N–H and O–H groups in total. The van der Waals surface area contributed by atoms with Crippen LogP contribution in [0, 0.1) is 0 Å². The van der Waals surface area contributed by atoms with Crippen molar-refractivity contribution in [2.45, 2.75) is 6.04 Å². The second kappa shape index (κ2) is 4.43. The third kappa shape index (κ3) is 2.05. The van der Waals surface area contributed by atoms with Crippen LogP contribution in [0.4, 0.5) is 0 Å². The van der Waals surface area contributed by atoms with Gasteiger partial charge in [0, 0.05) is 23.6 Å². The zero-order valence-electron chi connectivity index (χ0n) is 8.94. The first-order valence-corrected chi connectivity index (χ1v) is 5.79. The number of likely N-dealkylation sites (tertiary alicyclic amines) is 1. The Morgan fingerprint density at radius 2 is 2.25 bits per heavy atom. The van der Waals surface area contributed by atoms with Crippen LogP contribution in [0.15, 0.2) is 22.7 Å². The van der Waals surface area contributed by atoms with Gasteiger partial charge in [-0.15, -0.1) is 0 Å². The number of nitrogens with zero attached hydrogens (tertiary/aromatic N) is 1. The molecule has 1 aromatic rings. The minimum atomic E-state index is -0.00697. The van der Waals surface area contributed by atoms with E-state index in [4.69, 9.17) is 10.5 Å². The monoisotopic (exact) mass is 284 g/mol. The summed E-state index contributed by atoms with van der Waals surface area (Å²) in [7, 11) is 1.58. The van der Waals surface area contributed by atoms with Gasteiger partial charge in [-0.25, -0.2) is 0 Å². The number of carbonyl (C=O) groups is 1. The lowest BCUT2D eigenvalue weighted by Crippen LogP contribution is -2.57. The second-order valence-corrected chi connectivity index (χ2v) is 4.67. The topological polar surface area (TPSA) is 55.6 Å². The Labute approximate surface area is 102 Å². The van der Waals surface area contributed by atoms with Crippen molar-refractivity contribution < 1.29 is 9.53 Å². The van der Waals surface area contributed by atoms with Gasteiger partial charge in [-0.05, 0) is 34.1 Å². The van der Waals surface area contributed by atoms with Crippen molar-refractivity contribution in [3.8, 4) is 5.75 Å². The molecular formula is C11H13BrN2O2. The molecule has 0 saturated carbocycles. The Hall–Kier alpha value is -1.07. The average Bonchev–Trinajstić information content (AvgIpc) is 2.25. The van der Waals surface area contributed by atoms with E-state index in [2.05, 4.69) is 15.9 Å². The molecule has 0 unspecified atom stereocenters. The number of methoxy groups -OCH3 is 1. The van der Waals surface area contributed by atoms with Gasteiger partial charge in [0.1, 0.15) is 5.75 Å². The van der Waals surface area contributed by atoms with E-state index < -0.39 is 0 Å². The summed E-state index contributed by atoms with van der Waals surface area (Å²) in [5.41, 5.74) is 6.27. The first-order valence-electron chi connectivity index (χ1n) is 5.00. The summed E-state index contributed by atoms with van der Waals surface area (Å²) < 4.78 is 5.87. The van der Waals surface area contributed by atoms with E-state index in [9.17, 15) is 4.79 Å². The number of carbonyl (C=O) groups excluding carboxylic acids is 1. The van der Waals surface area contributed by atoms with Crippen LogP contribution in [0.2, 0.25) is 0 Å². The van der Waals surface area contributed by atoms with Crippen molar-refractivity contribution in [2.75, 3.05) is 20.2 Å². The molecule has 0 aliphatic carbocycles. The van der Waals surface area contributed by atoms with Gasteiger partial charge in [0.25, 0.3) is 5.91 Å². The fraction of sp³-hybridized carbons (Fsp3) is 0.364. The van der Waals surface area contributed by atoms with E-state index in [-0.39, 0.29) is 11.9 Å². The Balaban J connectivity index is 2.22. The Morgan fingerprint density at radius 3 is 2.81 bits per heavy atom. The fourth-order valence-corrected chi connectivity index (χ4v) is 2.06. The molecule has 16 heavy (non-hydrogen) atoms. The zero-order valence-corrected chi connectivity index (χ0v) is 10.5. The predicted octanol–water partition coefficient (Wildman–Crippen LogP) is 1.24. The maximum atomic E-state index is 12.0. The van der Waals surface area contributed by atoms with Crippen LogP contribution >= 0.6 is 15.9 Å². The number of hydrogen-bond donors (Lipinski definition) is 1. The molecule has 0 spiro atoms. The number of amides is 1. The molecule has 86 valence electrons. The number of rotatable bonds is 2. The Morgan fingerprint density at radius 1 is 1.56 bits per heavy atom. The number of hydrogen-bond acceptors (Lipinski definition) is 3. The number of benzene rings is 1. The molecule has 1 amide bonds. The molecule has 1 saturated heterocycles. The summed E-state index contributed by atoms with van der Waals surface area (Å²) >= 11 is 3.36. The van der Waals surface area contributed by atoms with Crippen molar-refractivity contribution in [1.29, 1.82) is 0 Å². The third-order valence-electron chi connectivity index (χ3n) is 2.60. The van der Waals surface area contributed by atoms with Gasteiger partial charge in [-0.2, -0.15) is 0 Å². The molecule has 0 aromatic heterocycles. The smallest absolute Gasteiger partial charge is 0.255 e. The van der Waals surface area contributed by atoms with Gasteiger partial charge in [0.2, 0.25) is 0 Å². The van der Waals surface area contributed by atoms with Gasteiger partial charge in [-0.1, -0.05) is 0 Å². The highest BCUT2D eigenvalue weighted by molar-refractivity contribution is 9.10. The van der Waals surface area contributed by atoms with Gasteiger partial charge < -0.3 is 15.4 Å². The van der Waals surface area contributed by atoms with Gasteiger partial charge in [0.15, 0.2) is 0 Å². The van der Waals surface area contributed by atoms with Crippen molar-refractivity contribution in [3.63, 3.8) is 0 Å². The summed E-state index contributed by atoms with van der Waals surface area (Å²) in [5, 5.41) is 0. The quantitative estimate of drug-likeness (QED) is 0.889. The predicted molar refractivity (Wildman–Crippen MR) is 64.6 cm³/mol. The normalized spacial score (nSPS) is 15.8. The van der Waals surface area contributed by atoms with Crippen LogP contribution in [0.1, 0.15) is 10.4 Å². The van der Waals surface area contributed by atoms with E-state index in [1.807, 2.05) is 12.1 Å². The van der Waals surface area contributed by atoms with Crippen LogP contribution in [-0.4, -0.2) is 37.0 Å².